The van der Waals surface area contributed by atoms with E-state index in [1.54, 1.807) is 0 Å². The highest BCUT2D eigenvalue weighted by Crippen LogP contribution is 2.31. The summed E-state index contributed by atoms with van der Waals surface area (Å²) in [6.45, 7) is -0.104. The third-order valence-electron chi connectivity index (χ3n) is 4.18. The molecule has 2 heterocycles. The van der Waals surface area contributed by atoms with Crippen molar-refractivity contribution in [2.75, 3.05) is 12.3 Å². The van der Waals surface area contributed by atoms with Crippen molar-refractivity contribution in [2.45, 2.75) is 24.6 Å². The summed E-state index contributed by atoms with van der Waals surface area (Å²) in [7, 11) is 0. The van der Waals surface area contributed by atoms with Crippen molar-refractivity contribution in [3.05, 3.63) is 23.5 Å². The van der Waals surface area contributed by atoms with Gasteiger partial charge in [-0.1, -0.05) is 0 Å². The number of halogens is 3. The Morgan fingerprint density at radius 1 is 1.38 bits per heavy atom. The molecule has 0 saturated carbocycles. The fourth-order valence-corrected chi connectivity index (χ4v) is 2.73. The quantitative estimate of drug-likeness (QED) is 0.468. The molecule has 26 heavy (non-hydrogen) atoms. The number of H-pyrrole nitrogens is 1. The summed E-state index contributed by atoms with van der Waals surface area (Å²) in [4.78, 5) is 40.8. The van der Waals surface area contributed by atoms with Crippen LogP contribution in [-0.2, 0) is 15.8 Å². The van der Waals surface area contributed by atoms with Gasteiger partial charge in [0.25, 0.3) is 5.91 Å². The largest absolute Gasteiger partial charge is 0.449 e. The second-order valence-corrected chi connectivity index (χ2v) is 6.01. The minimum Gasteiger partial charge on any atom is -0.397 e. The van der Waals surface area contributed by atoms with E-state index in [0.717, 1.165) is 0 Å². The van der Waals surface area contributed by atoms with Crippen LogP contribution in [0.15, 0.2) is 12.1 Å². The third kappa shape index (κ3) is 3.07. The fraction of sp³-hybridized carbons (Fsp3) is 0.333. The number of aromatic nitrogens is 2. The molecule has 0 radical (unpaired) electrons. The van der Waals surface area contributed by atoms with Crippen molar-refractivity contribution >= 4 is 34.8 Å². The van der Waals surface area contributed by atoms with Gasteiger partial charge in [0.15, 0.2) is 0 Å². The van der Waals surface area contributed by atoms with Crippen molar-refractivity contribution in [2.24, 2.45) is 0 Å². The van der Waals surface area contributed by atoms with Crippen molar-refractivity contribution in [1.29, 1.82) is 0 Å². The van der Waals surface area contributed by atoms with Gasteiger partial charge >= 0.3 is 6.18 Å². The van der Waals surface area contributed by atoms with E-state index in [-0.39, 0.29) is 47.6 Å². The molecule has 1 fully saturated rings. The number of hydrogen-bond donors (Lipinski definition) is 4. The molecule has 1 aromatic heterocycles. The van der Waals surface area contributed by atoms with Gasteiger partial charge < -0.3 is 26.1 Å². The summed E-state index contributed by atoms with van der Waals surface area (Å²) in [6, 6.07) is 2.50. The number of carbonyl (C=O) groups is 3. The Morgan fingerprint density at radius 3 is 2.69 bits per heavy atom. The predicted octanol–water partition coefficient (Wildman–Crippen LogP) is 0.741. The van der Waals surface area contributed by atoms with E-state index in [2.05, 4.69) is 20.6 Å². The number of alkyl halides is 3. The Kier molecular flexibility index (Phi) is 4.09. The normalized spacial score (nSPS) is 20.7. The molecule has 1 aliphatic heterocycles. The number of aldehydes is 1. The average molecular weight is 369 g/mol. The lowest BCUT2D eigenvalue weighted by Crippen LogP contribution is -2.60. The number of hydrogen-bond acceptors (Lipinski definition) is 5. The van der Waals surface area contributed by atoms with Gasteiger partial charge in [-0.3, -0.25) is 9.59 Å². The maximum atomic E-state index is 12.9. The molecule has 2 amide bonds. The number of benzene rings is 1. The standard InChI is InChI=1S/C15H14F3N5O3/c16-15(17,18)13-21-10-7(1-2-8(19)11(10)22-13)12(26)23-14(6-24)4-3-9(25)20-5-14/h1-2,6H,3-5,19H2,(H,20,25)(H,21,22)(H,23,26). The van der Waals surface area contributed by atoms with E-state index in [1.807, 2.05) is 0 Å². The van der Waals surface area contributed by atoms with E-state index < -0.39 is 23.4 Å². The molecule has 1 atom stereocenters. The highest BCUT2D eigenvalue weighted by Gasteiger charge is 2.38. The SMILES string of the molecule is Nc1ccc(C(=O)NC2(C=O)CCC(=O)NC2)c2nc(C(F)(F)F)[nH]c12. The molecule has 8 nitrogen and oxygen atoms in total. The Balaban J connectivity index is 1.98. The van der Waals surface area contributed by atoms with Crippen LogP contribution in [0.4, 0.5) is 18.9 Å². The lowest BCUT2D eigenvalue weighted by molar-refractivity contribution is -0.144. The molecule has 2 aromatic rings. The van der Waals surface area contributed by atoms with E-state index in [1.165, 1.54) is 12.1 Å². The zero-order valence-electron chi connectivity index (χ0n) is 13.2. The summed E-state index contributed by atoms with van der Waals surface area (Å²) in [5, 5.41) is 4.96. The molecule has 0 aliphatic carbocycles. The molecule has 1 aromatic carbocycles. The zero-order chi connectivity index (χ0) is 19.1. The van der Waals surface area contributed by atoms with Crippen LogP contribution in [0.25, 0.3) is 11.0 Å². The van der Waals surface area contributed by atoms with E-state index in [9.17, 15) is 27.6 Å². The molecule has 0 bridgehead atoms. The Labute approximate surface area is 144 Å². The fourth-order valence-electron chi connectivity index (χ4n) is 2.73. The van der Waals surface area contributed by atoms with Gasteiger partial charge in [0.05, 0.1) is 16.8 Å². The first kappa shape index (κ1) is 17.7. The van der Waals surface area contributed by atoms with E-state index in [0.29, 0.717) is 6.29 Å². The van der Waals surface area contributed by atoms with Gasteiger partial charge in [-0.15, -0.1) is 0 Å². The summed E-state index contributed by atoms with van der Waals surface area (Å²) in [5.74, 6) is -2.33. The van der Waals surface area contributed by atoms with E-state index >= 15 is 0 Å². The lowest BCUT2D eigenvalue weighted by atomic mass is 9.91. The monoisotopic (exact) mass is 369 g/mol. The number of piperidine rings is 1. The topological polar surface area (TPSA) is 130 Å². The number of aromatic amines is 1. The molecule has 11 heteroatoms. The zero-order valence-corrected chi connectivity index (χ0v) is 13.2. The van der Waals surface area contributed by atoms with Crippen molar-refractivity contribution in [3.63, 3.8) is 0 Å². The average Bonchev–Trinajstić information content (AvgIpc) is 3.04. The molecule has 1 aliphatic rings. The number of amides is 2. The van der Waals surface area contributed by atoms with Crippen LogP contribution in [0, 0.1) is 0 Å². The van der Waals surface area contributed by atoms with Crippen LogP contribution < -0.4 is 16.4 Å². The minimum atomic E-state index is -4.74. The first-order valence-corrected chi connectivity index (χ1v) is 7.56. The maximum Gasteiger partial charge on any atom is 0.449 e. The van der Waals surface area contributed by atoms with Crippen molar-refractivity contribution < 1.29 is 27.6 Å². The highest BCUT2D eigenvalue weighted by molar-refractivity contribution is 6.08. The Hall–Kier alpha value is -3.11. The number of nitrogen functional groups attached to an aromatic ring is 1. The molecule has 1 saturated heterocycles. The number of rotatable bonds is 3. The molecular weight excluding hydrogens is 355 g/mol. The Morgan fingerprint density at radius 2 is 2.12 bits per heavy atom. The summed E-state index contributed by atoms with van der Waals surface area (Å²) in [5.41, 5.74) is 3.78. The van der Waals surface area contributed by atoms with Gasteiger partial charge in [-0.25, -0.2) is 4.98 Å². The molecule has 138 valence electrons. The van der Waals surface area contributed by atoms with Crippen molar-refractivity contribution in [3.8, 4) is 0 Å². The maximum absolute atomic E-state index is 12.9. The van der Waals surface area contributed by atoms with Gasteiger partial charge in [-0.05, 0) is 18.6 Å². The molecular formula is C15H14F3N5O3. The van der Waals surface area contributed by atoms with Crippen LogP contribution in [0.3, 0.4) is 0 Å². The summed E-state index contributed by atoms with van der Waals surface area (Å²) >= 11 is 0. The van der Waals surface area contributed by atoms with Crippen molar-refractivity contribution in [1.82, 2.24) is 20.6 Å². The number of nitrogens with zero attached hydrogens (tertiary/aromatic N) is 1. The second-order valence-electron chi connectivity index (χ2n) is 6.01. The van der Waals surface area contributed by atoms with Gasteiger partial charge in [0.1, 0.15) is 17.3 Å². The lowest BCUT2D eigenvalue weighted by Gasteiger charge is -2.33. The number of anilines is 1. The van der Waals surface area contributed by atoms with Crippen LogP contribution in [0.2, 0.25) is 0 Å². The first-order chi connectivity index (χ1) is 12.1. The third-order valence-corrected chi connectivity index (χ3v) is 4.18. The van der Waals surface area contributed by atoms with Gasteiger partial charge in [0, 0.05) is 13.0 Å². The molecule has 5 N–H and O–H groups in total. The number of nitrogens with two attached hydrogens (primary N) is 1. The van der Waals surface area contributed by atoms with E-state index in [4.69, 9.17) is 5.73 Å². The molecule has 0 spiro atoms. The highest BCUT2D eigenvalue weighted by atomic mass is 19.4. The number of nitrogens with one attached hydrogen (secondary N) is 3. The summed E-state index contributed by atoms with van der Waals surface area (Å²) < 4.78 is 38.7. The predicted molar refractivity (Wildman–Crippen MR) is 84.0 cm³/mol. The smallest absolute Gasteiger partial charge is 0.397 e. The minimum absolute atomic E-state index is 0.00502. The number of imidazole rings is 1. The van der Waals surface area contributed by atoms with Crippen LogP contribution in [-0.4, -0.2) is 40.2 Å². The van der Waals surface area contributed by atoms with Crippen LogP contribution in [0.5, 0.6) is 0 Å². The van der Waals surface area contributed by atoms with Crippen LogP contribution in [0.1, 0.15) is 29.0 Å². The molecule has 1 unspecified atom stereocenters. The molecule has 3 rings (SSSR count). The number of fused-ring (bicyclic) bond motifs is 1. The summed E-state index contributed by atoms with van der Waals surface area (Å²) in [6.07, 6.45) is -4.11. The first-order valence-electron chi connectivity index (χ1n) is 7.56. The van der Waals surface area contributed by atoms with Gasteiger partial charge in [0.2, 0.25) is 11.7 Å². The number of carbonyl (C=O) groups excluding carboxylic acids is 3. The second kappa shape index (κ2) is 6.00. The Bertz CT molecular complexity index is 896. The van der Waals surface area contributed by atoms with Crippen LogP contribution >= 0.6 is 0 Å². The van der Waals surface area contributed by atoms with Gasteiger partial charge in [-0.2, -0.15) is 13.2 Å².